The minimum atomic E-state index is -0.542. The normalized spacial score (nSPS) is 10.1. The minimum Gasteiger partial charge on any atom is -0.497 e. The lowest BCUT2D eigenvalue weighted by molar-refractivity contribution is -0.123. The van der Waals surface area contributed by atoms with Crippen molar-refractivity contribution >= 4 is 17.5 Å². The molecular weight excluding hydrogens is 374 g/mol. The van der Waals surface area contributed by atoms with Crippen molar-refractivity contribution in [3.8, 4) is 5.75 Å². The molecule has 0 aliphatic heterocycles. The predicted molar refractivity (Wildman–Crippen MR) is 106 cm³/mol. The van der Waals surface area contributed by atoms with Crippen LogP contribution in [0.5, 0.6) is 5.75 Å². The van der Waals surface area contributed by atoms with Gasteiger partial charge in [-0.3, -0.25) is 9.59 Å². The number of rotatable bonds is 9. The highest BCUT2D eigenvalue weighted by Gasteiger charge is 2.19. The Morgan fingerprint density at radius 1 is 0.897 bits per heavy atom. The first-order valence-electron chi connectivity index (χ1n) is 8.87. The van der Waals surface area contributed by atoms with E-state index in [0.29, 0.717) is 23.0 Å². The average Bonchev–Trinajstić information content (AvgIpc) is 3.45. The standard InChI is InChI=1S/C21H21N3O5/c1-27-16-8-6-15(7-9-16)22-14-19(20(25)23-12-17-4-2-10-28-17)21(26)24-13-18-5-3-11-29-18/h2-11,14,22H,12-13H2,1H3,(H,23,25)(H,24,26). The van der Waals surface area contributed by atoms with Crippen molar-refractivity contribution in [1.29, 1.82) is 0 Å². The third-order valence-corrected chi connectivity index (χ3v) is 3.97. The van der Waals surface area contributed by atoms with Gasteiger partial charge >= 0.3 is 0 Å². The SMILES string of the molecule is COc1ccc(NC=C(C(=O)NCc2ccco2)C(=O)NCc2ccco2)cc1. The van der Waals surface area contributed by atoms with Crippen molar-refractivity contribution in [3.05, 3.63) is 84.4 Å². The van der Waals surface area contributed by atoms with E-state index in [1.54, 1.807) is 55.6 Å². The van der Waals surface area contributed by atoms with Gasteiger partial charge in [-0.2, -0.15) is 0 Å². The quantitative estimate of drug-likeness (QED) is 0.292. The summed E-state index contributed by atoms with van der Waals surface area (Å²) in [6.45, 7) is 0.328. The number of anilines is 1. The summed E-state index contributed by atoms with van der Waals surface area (Å²) in [5, 5.41) is 8.30. The number of carbonyl (C=O) groups is 2. The first-order valence-corrected chi connectivity index (χ1v) is 8.87. The van der Waals surface area contributed by atoms with E-state index in [0.717, 1.165) is 0 Å². The number of carbonyl (C=O) groups excluding carboxylic acids is 2. The summed E-state index contributed by atoms with van der Waals surface area (Å²) in [6.07, 6.45) is 4.38. The monoisotopic (exact) mass is 395 g/mol. The molecule has 0 unspecified atom stereocenters. The Morgan fingerprint density at radius 3 is 1.90 bits per heavy atom. The van der Waals surface area contributed by atoms with E-state index < -0.39 is 11.8 Å². The van der Waals surface area contributed by atoms with Gasteiger partial charge in [-0.25, -0.2) is 0 Å². The van der Waals surface area contributed by atoms with E-state index >= 15 is 0 Å². The molecule has 1 aromatic carbocycles. The molecule has 0 bridgehead atoms. The van der Waals surface area contributed by atoms with Crippen LogP contribution in [0.25, 0.3) is 0 Å². The summed E-state index contributed by atoms with van der Waals surface area (Å²) in [6, 6.07) is 14.0. The molecule has 2 amide bonds. The van der Waals surface area contributed by atoms with Gasteiger partial charge in [0.2, 0.25) is 0 Å². The molecule has 0 saturated heterocycles. The van der Waals surface area contributed by atoms with Crippen molar-refractivity contribution in [2.75, 3.05) is 12.4 Å². The van der Waals surface area contributed by atoms with Gasteiger partial charge in [-0.05, 0) is 48.5 Å². The second kappa shape index (κ2) is 9.84. The highest BCUT2D eigenvalue weighted by Crippen LogP contribution is 2.15. The van der Waals surface area contributed by atoms with Crippen LogP contribution in [0.1, 0.15) is 11.5 Å². The Bertz CT molecular complexity index is 893. The topological polar surface area (TPSA) is 106 Å². The molecule has 8 heteroatoms. The molecule has 2 aromatic heterocycles. The average molecular weight is 395 g/mol. The van der Waals surface area contributed by atoms with Crippen LogP contribution in [0.4, 0.5) is 5.69 Å². The van der Waals surface area contributed by atoms with Crippen LogP contribution in [0.2, 0.25) is 0 Å². The number of hydrogen-bond acceptors (Lipinski definition) is 6. The number of nitrogens with one attached hydrogen (secondary N) is 3. The molecule has 8 nitrogen and oxygen atoms in total. The molecule has 2 heterocycles. The van der Waals surface area contributed by atoms with Crippen LogP contribution in [0.3, 0.4) is 0 Å². The lowest BCUT2D eigenvalue weighted by Crippen LogP contribution is -2.34. The van der Waals surface area contributed by atoms with Crippen LogP contribution in [0.15, 0.2) is 81.7 Å². The van der Waals surface area contributed by atoms with Crippen LogP contribution in [-0.4, -0.2) is 18.9 Å². The van der Waals surface area contributed by atoms with Crippen molar-refractivity contribution in [1.82, 2.24) is 10.6 Å². The molecule has 150 valence electrons. The molecule has 29 heavy (non-hydrogen) atoms. The molecule has 0 spiro atoms. The van der Waals surface area contributed by atoms with Crippen LogP contribution >= 0.6 is 0 Å². The number of benzene rings is 1. The summed E-state index contributed by atoms with van der Waals surface area (Å²) < 4.78 is 15.5. The maximum Gasteiger partial charge on any atom is 0.258 e. The minimum absolute atomic E-state index is 0.0843. The number of ether oxygens (including phenoxy) is 1. The Morgan fingerprint density at radius 2 is 1.45 bits per heavy atom. The number of furan rings is 2. The van der Waals surface area contributed by atoms with E-state index in [1.165, 1.54) is 18.7 Å². The fraction of sp³-hybridized carbons (Fsp3) is 0.143. The third-order valence-electron chi connectivity index (χ3n) is 3.97. The number of methoxy groups -OCH3 is 1. The molecule has 0 radical (unpaired) electrons. The van der Waals surface area contributed by atoms with Crippen LogP contribution < -0.4 is 20.7 Å². The lowest BCUT2D eigenvalue weighted by Gasteiger charge is -2.10. The lowest BCUT2D eigenvalue weighted by atomic mass is 10.2. The maximum absolute atomic E-state index is 12.6. The largest absolute Gasteiger partial charge is 0.497 e. The smallest absolute Gasteiger partial charge is 0.258 e. The van der Waals surface area contributed by atoms with E-state index in [2.05, 4.69) is 16.0 Å². The second-order valence-corrected chi connectivity index (χ2v) is 5.95. The van der Waals surface area contributed by atoms with Crippen molar-refractivity contribution in [2.24, 2.45) is 0 Å². The molecule has 0 atom stereocenters. The van der Waals surface area contributed by atoms with Crippen molar-refractivity contribution in [3.63, 3.8) is 0 Å². The van der Waals surface area contributed by atoms with Crippen LogP contribution in [-0.2, 0) is 22.7 Å². The highest BCUT2D eigenvalue weighted by molar-refractivity contribution is 6.18. The molecule has 0 saturated carbocycles. The van der Waals surface area contributed by atoms with E-state index in [-0.39, 0.29) is 18.7 Å². The van der Waals surface area contributed by atoms with Crippen molar-refractivity contribution < 1.29 is 23.2 Å². The Balaban J connectivity index is 1.69. The van der Waals surface area contributed by atoms with E-state index in [1.807, 2.05) is 0 Å². The zero-order chi connectivity index (χ0) is 20.5. The Kier molecular flexibility index (Phi) is 6.72. The molecule has 3 N–H and O–H groups in total. The van der Waals surface area contributed by atoms with E-state index in [9.17, 15) is 9.59 Å². The zero-order valence-electron chi connectivity index (χ0n) is 15.8. The number of hydrogen-bond donors (Lipinski definition) is 3. The molecular formula is C21H21N3O5. The predicted octanol–water partition coefficient (Wildman–Crippen LogP) is 2.81. The fourth-order valence-electron chi connectivity index (χ4n) is 2.43. The second-order valence-electron chi connectivity index (χ2n) is 5.95. The maximum atomic E-state index is 12.6. The molecule has 0 aliphatic rings. The summed E-state index contributed by atoms with van der Waals surface area (Å²) in [7, 11) is 1.58. The van der Waals surface area contributed by atoms with Gasteiger partial charge in [0.05, 0.1) is 32.7 Å². The molecule has 3 rings (SSSR count). The first kappa shape index (κ1) is 19.8. The number of amides is 2. The van der Waals surface area contributed by atoms with Crippen LogP contribution in [0, 0.1) is 0 Å². The third kappa shape index (κ3) is 5.77. The molecule has 0 aliphatic carbocycles. The van der Waals surface area contributed by atoms with Gasteiger partial charge < -0.3 is 29.5 Å². The zero-order valence-corrected chi connectivity index (χ0v) is 15.8. The summed E-state index contributed by atoms with van der Waals surface area (Å²) in [5.74, 6) is 0.777. The van der Waals surface area contributed by atoms with Crippen molar-refractivity contribution in [2.45, 2.75) is 13.1 Å². The van der Waals surface area contributed by atoms with Gasteiger partial charge in [-0.1, -0.05) is 0 Å². The van der Waals surface area contributed by atoms with Gasteiger partial charge in [0.1, 0.15) is 22.8 Å². The van der Waals surface area contributed by atoms with Gasteiger partial charge in [0, 0.05) is 11.9 Å². The summed E-state index contributed by atoms with van der Waals surface area (Å²) in [5.41, 5.74) is 0.611. The van der Waals surface area contributed by atoms with Gasteiger partial charge in [-0.15, -0.1) is 0 Å². The summed E-state index contributed by atoms with van der Waals surface area (Å²) in [4.78, 5) is 25.2. The Labute approximate surface area is 167 Å². The fourth-order valence-corrected chi connectivity index (χ4v) is 2.43. The molecule has 0 fully saturated rings. The highest BCUT2D eigenvalue weighted by atomic mass is 16.5. The van der Waals surface area contributed by atoms with Gasteiger partial charge in [0.15, 0.2) is 0 Å². The van der Waals surface area contributed by atoms with Gasteiger partial charge in [0.25, 0.3) is 11.8 Å². The first-order chi connectivity index (χ1) is 14.2. The van der Waals surface area contributed by atoms with E-state index in [4.69, 9.17) is 13.6 Å². The molecule has 3 aromatic rings. The Hall–Kier alpha value is -3.94. The summed E-state index contributed by atoms with van der Waals surface area (Å²) >= 11 is 0.